The number of nitrogens with one attached hydrogen (secondary N) is 2. The summed E-state index contributed by atoms with van der Waals surface area (Å²) < 4.78 is 0. The van der Waals surface area contributed by atoms with Gasteiger partial charge in [-0.2, -0.15) is 0 Å². The van der Waals surface area contributed by atoms with Gasteiger partial charge in [0, 0.05) is 23.7 Å². The van der Waals surface area contributed by atoms with Gasteiger partial charge < -0.3 is 10.4 Å². The van der Waals surface area contributed by atoms with Gasteiger partial charge in [0.05, 0.1) is 0 Å². The van der Waals surface area contributed by atoms with Crippen LogP contribution in [0.4, 0.5) is 5.69 Å². The third-order valence-corrected chi connectivity index (χ3v) is 4.40. The summed E-state index contributed by atoms with van der Waals surface area (Å²) in [5.74, 6) is -1.18. The molecular formula is C18H16ClN3O4. The predicted octanol–water partition coefficient (Wildman–Crippen LogP) is 2.19. The van der Waals surface area contributed by atoms with Gasteiger partial charge >= 0.3 is 0 Å². The number of benzene rings is 2. The second-order valence-corrected chi connectivity index (χ2v) is 6.28. The minimum absolute atomic E-state index is 0.00504. The van der Waals surface area contributed by atoms with E-state index in [2.05, 4.69) is 10.7 Å². The summed E-state index contributed by atoms with van der Waals surface area (Å²) in [6.07, 6.45) is 0. The first-order chi connectivity index (χ1) is 12.4. The summed E-state index contributed by atoms with van der Waals surface area (Å²) in [6, 6.07) is 12.1. The third kappa shape index (κ3) is 3.34. The number of hydrogen-bond acceptors (Lipinski definition) is 4. The quantitative estimate of drug-likeness (QED) is 0.565. The zero-order valence-electron chi connectivity index (χ0n) is 13.8. The summed E-state index contributed by atoms with van der Waals surface area (Å²) in [5.41, 5.74) is 3.83. The van der Waals surface area contributed by atoms with Crippen LogP contribution in [-0.4, -0.2) is 33.2 Å². The molecule has 134 valence electrons. The van der Waals surface area contributed by atoms with Crippen LogP contribution in [0.2, 0.25) is 0 Å². The molecule has 2 aromatic carbocycles. The number of rotatable bonds is 4. The number of halogens is 1. The maximum absolute atomic E-state index is 12.4. The number of β-lactam (4-membered cyclic amide) rings is 1. The normalized spacial score (nSPS) is 18.8. The summed E-state index contributed by atoms with van der Waals surface area (Å²) in [4.78, 5) is 35.5. The Balaban J connectivity index is 1.74. The molecule has 3 N–H and O–H groups in total. The fraction of sp³-hybridized carbons (Fsp3) is 0.167. The lowest BCUT2D eigenvalue weighted by Crippen LogP contribution is -2.63. The minimum atomic E-state index is -0.870. The lowest BCUT2D eigenvalue weighted by atomic mass is 9.94. The van der Waals surface area contributed by atoms with E-state index in [-0.39, 0.29) is 11.7 Å². The highest BCUT2D eigenvalue weighted by atomic mass is 35.5. The zero-order valence-corrected chi connectivity index (χ0v) is 14.5. The topological polar surface area (TPSA) is 98.7 Å². The molecule has 1 aliphatic rings. The van der Waals surface area contributed by atoms with E-state index in [0.29, 0.717) is 16.8 Å². The fourth-order valence-corrected chi connectivity index (χ4v) is 3.05. The number of alkyl halides is 1. The van der Waals surface area contributed by atoms with Crippen molar-refractivity contribution in [1.82, 2.24) is 10.4 Å². The summed E-state index contributed by atoms with van der Waals surface area (Å²) in [6.45, 7) is 1.39. The SMILES string of the molecule is CC(=O)Nc1ccc(C(=O)NN2C(=O)[C@H](Cl)[C@@H]2c2ccccc2O)cc1. The first kappa shape index (κ1) is 17.8. The minimum Gasteiger partial charge on any atom is -0.508 e. The molecule has 1 fully saturated rings. The van der Waals surface area contributed by atoms with Crippen LogP contribution in [0.5, 0.6) is 5.75 Å². The molecule has 0 saturated carbocycles. The van der Waals surface area contributed by atoms with Crippen molar-refractivity contribution in [1.29, 1.82) is 0 Å². The Kier molecular flexibility index (Phi) is 4.81. The Labute approximate surface area is 154 Å². The molecule has 3 rings (SSSR count). The highest BCUT2D eigenvalue weighted by Gasteiger charge is 2.49. The van der Waals surface area contributed by atoms with Gasteiger partial charge in [0.1, 0.15) is 17.2 Å². The average molecular weight is 374 g/mol. The Morgan fingerprint density at radius 1 is 1.12 bits per heavy atom. The third-order valence-electron chi connectivity index (χ3n) is 3.97. The summed E-state index contributed by atoms with van der Waals surface area (Å²) >= 11 is 6.07. The van der Waals surface area contributed by atoms with Crippen LogP contribution in [-0.2, 0) is 9.59 Å². The maximum atomic E-state index is 12.4. The van der Waals surface area contributed by atoms with E-state index < -0.39 is 23.2 Å². The molecule has 0 spiro atoms. The number of amides is 3. The molecule has 8 heteroatoms. The summed E-state index contributed by atoms with van der Waals surface area (Å²) in [5, 5.41) is 12.8. The van der Waals surface area contributed by atoms with Gasteiger partial charge in [-0.3, -0.25) is 19.8 Å². The highest BCUT2D eigenvalue weighted by Crippen LogP contribution is 2.40. The molecular weight excluding hydrogens is 358 g/mol. The van der Waals surface area contributed by atoms with Crippen LogP contribution in [0.25, 0.3) is 0 Å². The van der Waals surface area contributed by atoms with Crippen LogP contribution in [0.3, 0.4) is 0 Å². The van der Waals surface area contributed by atoms with Crippen LogP contribution in [0.15, 0.2) is 48.5 Å². The maximum Gasteiger partial charge on any atom is 0.269 e. The van der Waals surface area contributed by atoms with Gasteiger partial charge in [-0.05, 0) is 30.3 Å². The second kappa shape index (κ2) is 7.05. The van der Waals surface area contributed by atoms with E-state index in [1.165, 1.54) is 25.1 Å². The number of hydrogen-bond donors (Lipinski definition) is 3. The van der Waals surface area contributed by atoms with E-state index in [4.69, 9.17) is 11.6 Å². The van der Waals surface area contributed by atoms with Crippen LogP contribution in [0, 0.1) is 0 Å². The number of carbonyl (C=O) groups is 3. The van der Waals surface area contributed by atoms with Crippen molar-refractivity contribution >= 4 is 35.0 Å². The van der Waals surface area contributed by atoms with E-state index in [1.807, 2.05) is 0 Å². The first-order valence-electron chi connectivity index (χ1n) is 7.82. The smallest absolute Gasteiger partial charge is 0.269 e. The molecule has 0 radical (unpaired) electrons. The lowest BCUT2D eigenvalue weighted by molar-refractivity contribution is -0.149. The van der Waals surface area contributed by atoms with Crippen molar-refractivity contribution in [3.63, 3.8) is 0 Å². The van der Waals surface area contributed by atoms with Crippen LogP contribution < -0.4 is 10.7 Å². The molecule has 0 bridgehead atoms. The number of aromatic hydroxyl groups is 1. The van der Waals surface area contributed by atoms with Gasteiger partial charge in [-0.25, -0.2) is 5.01 Å². The Bertz CT molecular complexity index is 869. The van der Waals surface area contributed by atoms with E-state index in [9.17, 15) is 19.5 Å². The van der Waals surface area contributed by atoms with Gasteiger partial charge in [0.25, 0.3) is 11.8 Å². The lowest BCUT2D eigenvalue weighted by Gasteiger charge is -2.44. The second-order valence-electron chi connectivity index (χ2n) is 5.81. The predicted molar refractivity (Wildman–Crippen MR) is 95.5 cm³/mol. The molecule has 1 aliphatic heterocycles. The van der Waals surface area contributed by atoms with Crippen LogP contribution >= 0.6 is 11.6 Å². The number of hydrazine groups is 1. The van der Waals surface area contributed by atoms with Crippen molar-refractivity contribution in [2.75, 3.05) is 5.32 Å². The van der Waals surface area contributed by atoms with Gasteiger partial charge in [0.2, 0.25) is 5.91 Å². The highest BCUT2D eigenvalue weighted by molar-refractivity contribution is 6.33. The number of phenolic OH excluding ortho intramolecular Hbond substituents is 1. The first-order valence-corrected chi connectivity index (χ1v) is 8.26. The zero-order chi connectivity index (χ0) is 18.8. The Morgan fingerprint density at radius 2 is 1.77 bits per heavy atom. The van der Waals surface area contributed by atoms with E-state index in [0.717, 1.165) is 5.01 Å². The van der Waals surface area contributed by atoms with Crippen LogP contribution in [0.1, 0.15) is 28.9 Å². The number of anilines is 1. The molecule has 1 saturated heterocycles. The number of nitrogens with zero attached hydrogens (tertiary/aromatic N) is 1. The molecule has 0 unspecified atom stereocenters. The Hall–Kier alpha value is -3.06. The average Bonchev–Trinajstić information content (AvgIpc) is 2.62. The molecule has 26 heavy (non-hydrogen) atoms. The molecule has 2 atom stereocenters. The molecule has 1 heterocycles. The molecule has 3 amide bonds. The van der Waals surface area contributed by atoms with Crippen molar-refractivity contribution in [3.05, 3.63) is 59.7 Å². The number of phenols is 1. The molecule has 7 nitrogen and oxygen atoms in total. The van der Waals surface area contributed by atoms with Crippen molar-refractivity contribution in [3.8, 4) is 5.75 Å². The molecule has 2 aromatic rings. The standard InChI is InChI=1S/C18H16ClN3O4/c1-10(23)20-12-8-6-11(7-9-12)17(25)21-22-16(15(19)18(22)26)13-4-2-3-5-14(13)24/h2-9,15-16,24H,1H3,(H,20,23)(H,21,25)/t15-,16+/m1/s1. The van der Waals surface area contributed by atoms with E-state index in [1.54, 1.807) is 30.3 Å². The van der Waals surface area contributed by atoms with Crippen molar-refractivity contribution in [2.45, 2.75) is 18.3 Å². The number of carbonyl (C=O) groups excluding carboxylic acids is 3. The monoisotopic (exact) mass is 373 g/mol. The molecule has 0 aromatic heterocycles. The van der Waals surface area contributed by atoms with Gasteiger partial charge in [0.15, 0.2) is 0 Å². The number of para-hydroxylation sites is 1. The van der Waals surface area contributed by atoms with Gasteiger partial charge in [-0.1, -0.05) is 18.2 Å². The summed E-state index contributed by atoms with van der Waals surface area (Å²) in [7, 11) is 0. The fourth-order valence-electron chi connectivity index (χ4n) is 2.69. The molecule has 0 aliphatic carbocycles. The van der Waals surface area contributed by atoms with Gasteiger partial charge in [-0.15, -0.1) is 11.6 Å². The largest absolute Gasteiger partial charge is 0.508 e. The van der Waals surface area contributed by atoms with E-state index >= 15 is 0 Å². The van der Waals surface area contributed by atoms with Crippen molar-refractivity contribution in [2.24, 2.45) is 0 Å². The Morgan fingerprint density at radius 3 is 2.38 bits per heavy atom. The van der Waals surface area contributed by atoms with Crippen molar-refractivity contribution < 1.29 is 19.5 Å².